The molecule has 0 spiro atoms. The van der Waals surface area contributed by atoms with Crippen LogP contribution in [0, 0.1) is 11.8 Å². The first-order valence-electron chi connectivity index (χ1n) is 15.8. The van der Waals surface area contributed by atoms with Crippen LogP contribution in [0.15, 0.2) is 71.2 Å². The number of piperazine rings is 1. The molecule has 4 fully saturated rings. The average molecular weight is 537 g/mol. The highest BCUT2D eigenvalue weighted by molar-refractivity contribution is 6.02. The summed E-state index contributed by atoms with van der Waals surface area (Å²) in [5.41, 5.74) is 5.39. The second-order valence-corrected chi connectivity index (χ2v) is 13.0. The van der Waals surface area contributed by atoms with Gasteiger partial charge in [-0.15, -0.1) is 0 Å². The van der Waals surface area contributed by atoms with Gasteiger partial charge in [-0.1, -0.05) is 81.8 Å². The van der Waals surface area contributed by atoms with E-state index in [0.29, 0.717) is 17.8 Å². The predicted octanol–water partition coefficient (Wildman–Crippen LogP) is 7.78. The van der Waals surface area contributed by atoms with Crippen molar-refractivity contribution in [2.24, 2.45) is 21.8 Å². The number of hydrogen-bond donors (Lipinski definition) is 0. The molecule has 2 aromatic carbocycles. The van der Waals surface area contributed by atoms with E-state index in [1.54, 1.807) is 0 Å². The standard InChI is InChI=1S/C36H48N4/c1-6-27(28-14-9-8-10-15-28)24-38-34(37-5)36(32-23-33(32)36)40-21-20-39(25-35(40,4)7-2)26(3)30-18-13-19-31(22-30)29-16-11-12-17-29/h8-10,13-15,18-19,22,24,27,29,32-33H,3,6-7,11-12,16-17,20-21,23,25H2,1-2,4-5H3. The Hall–Kier alpha value is -2.72. The molecule has 0 aromatic heterocycles. The summed E-state index contributed by atoms with van der Waals surface area (Å²) < 4.78 is 0. The molecule has 40 heavy (non-hydrogen) atoms. The summed E-state index contributed by atoms with van der Waals surface area (Å²) in [5, 5.41) is 0. The van der Waals surface area contributed by atoms with Crippen molar-refractivity contribution in [3.05, 3.63) is 77.9 Å². The van der Waals surface area contributed by atoms with Crippen LogP contribution in [0.1, 0.15) is 94.2 Å². The molecule has 6 rings (SSSR count). The van der Waals surface area contributed by atoms with Gasteiger partial charge in [-0.2, -0.15) is 0 Å². The van der Waals surface area contributed by atoms with Gasteiger partial charge in [0, 0.05) is 50.1 Å². The Morgan fingerprint density at radius 2 is 1.80 bits per heavy atom. The molecule has 4 nitrogen and oxygen atoms in total. The van der Waals surface area contributed by atoms with Gasteiger partial charge in [-0.25, -0.2) is 4.99 Å². The summed E-state index contributed by atoms with van der Waals surface area (Å²) in [5.74, 6) is 3.53. The summed E-state index contributed by atoms with van der Waals surface area (Å²) in [4.78, 5) is 15.4. The molecular weight excluding hydrogens is 488 g/mol. The Morgan fingerprint density at radius 1 is 1.05 bits per heavy atom. The largest absolute Gasteiger partial charge is 0.368 e. The van der Waals surface area contributed by atoms with Gasteiger partial charge in [0.2, 0.25) is 0 Å². The molecule has 212 valence electrons. The molecule has 0 N–H and O–H groups in total. The second-order valence-electron chi connectivity index (χ2n) is 13.0. The predicted molar refractivity (Wildman–Crippen MR) is 169 cm³/mol. The van der Waals surface area contributed by atoms with Gasteiger partial charge in [0.1, 0.15) is 5.84 Å². The van der Waals surface area contributed by atoms with Crippen molar-refractivity contribution in [2.45, 2.75) is 88.6 Å². The van der Waals surface area contributed by atoms with Crippen LogP contribution in [0.2, 0.25) is 0 Å². The third-order valence-corrected chi connectivity index (χ3v) is 10.8. The second kappa shape index (κ2) is 10.9. The summed E-state index contributed by atoms with van der Waals surface area (Å²) in [6, 6.07) is 20.1. The van der Waals surface area contributed by atoms with E-state index < -0.39 is 0 Å². The van der Waals surface area contributed by atoms with E-state index >= 15 is 0 Å². The molecule has 2 aromatic rings. The minimum atomic E-state index is 0.0147. The summed E-state index contributed by atoms with van der Waals surface area (Å²) in [6.45, 7) is 14.8. The Labute approximate surface area is 242 Å². The van der Waals surface area contributed by atoms with Crippen LogP contribution >= 0.6 is 0 Å². The minimum absolute atomic E-state index is 0.0147. The lowest BCUT2D eigenvalue weighted by Crippen LogP contribution is -2.67. The van der Waals surface area contributed by atoms with Crippen molar-refractivity contribution in [3.8, 4) is 0 Å². The Bertz CT molecular complexity index is 1260. The van der Waals surface area contributed by atoms with Crippen LogP contribution < -0.4 is 0 Å². The zero-order chi connectivity index (χ0) is 27.9. The van der Waals surface area contributed by atoms with E-state index in [2.05, 4.69) is 98.0 Å². The monoisotopic (exact) mass is 536 g/mol. The van der Waals surface area contributed by atoms with Crippen LogP contribution in [0.5, 0.6) is 0 Å². The third kappa shape index (κ3) is 4.66. The minimum Gasteiger partial charge on any atom is -0.368 e. The molecule has 3 saturated carbocycles. The van der Waals surface area contributed by atoms with Crippen LogP contribution in [-0.2, 0) is 0 Å². The van der Waals surface area contributed by atoms with Crippen molar-refractivity contribution in [1.29, 1.82) is 0 Å². The molecule has 4 unspecified atom stereocenters. The molecule has 4 aliphatic rings. The van der Waals surface area contributed by atoms with Crippen LogP contribution in [0.25, 0.3) is 5.70 Å². The number of fused-ring (bicyclic) bond motifs is 1. The molecular formula is C36H48N4. The van der Waals surface area contributed by atoms with Crippen molar-refractivity contribution < 1.29 is 0 Å². The zero-order valence-corrected chi connectivity index (χ0v) is 25.1. The molecule has 1 aliphatic heterocycles. The fourth-order valence-electron chi connectivity index (χ4n) is 8.04. The van der Waals surface area contributed by atoms with Crippen LogP contribution in [-0.4, -0.2) is 59.6 Å². The highest BCUT2D eigenvalue weighted by Crippen LogP contribution is 2.75. The first kappa shape index (κ1) is 27.4. The molecule has 3 aliphatic carbocycles. The maximum Gasteiger partial charge on any atom is 0.143 e. The summed E-state index contributed by atoms with van der Waals surface area (Å²) in [7, 11) is 1.95. The molecule has 1 saturated heterocycles. The van der Waals surface area contributed by atoms with E-state index in [1.807, 2.05) is 7.05 Å². The Kier molecular flexibility index (Phi) is 7.50. The molecule has 4 heteroatoms. The normalized spacial score (nSPS) is 31.4. The van der Waals surface area contributed by atoms with Crippen molar-refractivity contribution >= 4 is 17.7 Å². The van der Waals surface area contributed by atoms with Crippen molar-refractivity contribution in [2.75, 3.05) is 26.7 Å². The lowest BCUT2D eigenvalue weighted by atomic mass is 9.86. The first-order valence-corrected chi connectivity index (χ1v) is 15.8. The van der Waals surface area contributed by atoms with Crippen LogP contribution in [0.4, 0.5) is 0 Å². The quantitative estimate of drug-likeness (QED) is 0.242. The Balaban J connectivity index is 1.21. The van der Waals surface area contributed by atoms with E-state index in [4.69, 9.17) is 9.98 Å². The van der Waals surface area contributed by atoms with E-state index in [9.17, 15) is 0 Å². The van der Waals surface area contributed by atoms with Crippen molar-refractivity contribution in [3.63, 3.8) is 0 Å². The number of hydrogen-bond acceptors (Lipinski definition) is 3. The maximum absolute atomic E-state index is 5.18. The van der Waals surface area contributed by atoms with Gasteiger partial charge < -0.3 is 4.90 Å². The summed E-state index contributed by atoms with van der Waals surface area (Å²) >= 11 is 0. The Morgan fingerprint density at radius 3 is 2.42 bits per heavy atom. The molecule has 1 heterocycles. The summed E-state index contributed by atoms with van der Waals surface area (Å²) in [6.07, 6.45) is 11.1. The number of amidine groups is 1. The molecule has 4 atom stereocenters. The average Bonchev–Trinajstić information content (AvgIpc) is 3.85. The lowest BCUT2D eigenvalue weighted by Gasteiger charge is -2.54. The van der Waals surface area contributed by atoms with Gasteiger partial charge in [0.25, 0.3) is 0 Å². The van der Waals surface area contributed by atoms with E-state index in [0.717, 1.165) is 44.2 Å². The molecule has 0 radical (unpaired) electrons. The number of rotatable bonds is 9. The first-order chi connectivity index (χ1) is 19.5. The number of benzene rings is 2. The van der Waals surface area contributed by atoms with E-state index in [-0.39, 0.29) is 11.1 Å². The third-order valence-electron chi connectivity index (χ3n) is 10.8. The van der Waals surface area contributed by atoms with Crippen LogP contribution in [0.3, 0.4) is 0 Å². The van der Waals surface area contributed by atoms with Gasteiger partial charge in [-0.05, 0) is 79.5 Å². The van der Waals surface area contributed by atoms with Gasteiger partial charge in [-0.3, -0.25) is 9.89 Å². The smallest absolute Gasteiger partial charge is 0.143 e. The topological polar surface area (TPSA) is 31.2 Å². The fraction of sp³-hybridized carbons (Fsp3) is 0.556. The highest BCUT2D eigenvalue weighted by Gasteiger charge is 2.83. The van der Waals surface area contributed by atoms with Crippen molar-refractivity contribution in [1.82, 2.24) is 9.80 Å². The maximum atomic E-state index is 5.18. The highest BCUT2D eigenvalue weighted by atomic mass is 15.4. The number of nitrogens with zero attached hydrogens (tertiary/aromatic N) is 4. The zero-order valence-electron chi connectivity index (χ0n) is 25.1. The molecule has 0 bridgehead atoms. The SMILES string of the molecule is C=C(c1cccc(C2CCCC2)c1)N1CCN(C2(C(N=CC(CC)c3ccccc3)=NC)C3CC32)C(C)(CC)C1. The van der Waals surface area contributed by atoms with Gasteiger partial charge >= 0.3 is 0 Å². The fourth-order valence-corrected chi connectivity index (χ4v) is 8.04. The van der Waals surface area contributed by atoms with E-state index in [1.165, 1.54) is 54.5 Å². The lowest BCUT2D eigenvalue weighted by molar-refractivity contribution is -0.0119. The van der Waals surface area contributed by atoms with Gasteiger partial charge in [0.05, 0.1) is 5.54 Å². The molecule has 0 amide bonds. The van der Waals surface area contributed by atoms with Gasteiger partial charge in [0.15, 0.2) is 0 Å². The number of aliphatic imine (C=N–C) groups is 2.